The monoisotopic (exact) mass is 367 g/mol. The first-order valence-corrected chi connectivity index (χ1v) is 9.16. The van der Waals surface area contributed by atoms with Crippen LogP contribution in [0.4, 0.5) is 0 Å². The molecule has 140 valence electrons. The highest BCUT2D eigenvalue weighted by Crippen LogP contribution is 2.27. The van der Waals surface area contributed by atoms with Crippen LogP contribution in [0.2, 0.25) is 0 Å². The van der Waals surface area contributed by atoms with E-state index in [-0.39, 0.29) is 0 Å². The number of nitrogens with zero attached hydrogens (tertiary/aromatic N) is 1. The molecular formula is C18H29N3O3S. The summed E-state index contributed by atoms with van der Waals surface area (Å²) in [7, 11) is 3.29. The highest BCUT2D eigenvalue weighted by molar-refractivity contribution is 7.80. The first kappa shape index (κ1) is 19.8. The molecule has 1 saturated heterocycles. The molecule has 0 amide bonds. The lowest BCUT2D eigenvalue weighted by Crippen LogP contribution is -2.40. The normalized spacial score (nSPS) is 14.8. The number of rotatable bonds is 9. The van der Waals surface area contributed by atoms with Gasteiger partial charge in [0.15, 0.2) is 16.6 Å². The quantitative estimate of drug-likeness (QED) is 0.506. The Morgan fingerprint density at radius 1 is 1.12 bits per heavy atom. The predicted molar refractivity (Wildman–Crippen MR) is 104 cm³/mol. The van der Waals surface area contributed by atoms with Crippen LogP contribution in [0.15, 0.2) is 18.2 Å². The zero-order valence-corrected chi connectivity index (χ0v) is 16.0. The second-order valence-electron chi connectivity index (χ2n) is 5.93. The molecule has 25 heavy (non-hydrogen) atoms. The van der Waals surface area contributed by atoms with Crippen molar-refractivity contribution in [3.8, 4) is 11.5 Å². The van der Waals surface area contributed by atoms with Gasteiger partial charge in [-0.2, -0.15) is 0 Å². The second-order valence-corrected chi connectivity index (χ2v) is 6.34. The van der Waals surface area contributed by atoms with Crippen LogP contribution < -0.4 is 20.1 Å². The molecule has 1 aliphatic rings. The van der Waals surface area contributed by atoms with Gasteiger partial charge in [-0.1, -0.05) is 6.07 Å². The van der Waals surface area contributed by atoms with Crippen molar-refractivity contribution in [2.24, 2.45) is 0 Å². The molecule has 2 rings (SSSR count). The van der Waals surface area contributed by atoms with E-state index in [1.54, 1.807) is 14.2 Å². The lowest BCUT2D eigenvalue weighted by atomic mass is 10.1. The molecule has 1 aromatic carbocycles. The van der Waals surface area contributed by atoms with Crippen LogP contribution in [0, 0.1) is 0 Å². The highest BCUT2D eigenvalue weighted by Gasteiger charge is 2.09. The minimum absolute atomic E-state index is 0.711. The lowest BCUT2D eigenvalue weighted by Gasteiger charge is -2.26. The number of methoxy groups -OCH3 is 2. The molecule has 0 spiro atoms. The molecule has 0 unspecified atom stereocenters. The smallest absolute Gasteiger partial charge is 0.166 e. The summed E-state index contributed by atoms with van der Waals surface area (Å²) in [5.41, 5.74) is 1.18. The highest BCUT2D eigenvalue weighted by atomic mass is 32.1. The van der Waals surface area contributed by atoms with Gasteiger partial charge in [0.1, 0.15) is 0 Å². The van der Waals surface area contributed by atoms with Crippen molar-refractivity contribution in [3.63, 3.8) is 0 Å². The van der Waals surface area contributed by atoms with Gasteiger partial charge >= 0.3 is 0 Å². The van der Waals surface area contributed by atoms with Gasteiger partial charge in [-0.05, 0) is 49.3 Å². The first-order chi connectivity index (χ1) is 12.2. The largest absolute Gasteiger partial charge is 0.493 e. The van der Waals surface area contributed by atoms with Gasteiger partial charge < -0.3 is 24.8 Å². The zero-order chi connectivity index (χ0) is 17.9. The summed E-state index contributed by atoms with van der Waals surface area (Å²) in [4.78, 5) is 2.43. The minimum atomic E-state index is 0.711. The summed E-state index contributed by atoms with van der Waals surface area (Å²) in [6.45, 7) is 6.53. The molecule has 0 radical (unpaired) electrons. The number of nitrogens with one attached hydrogen (secondary N) is 2. The molecule has 0 bridgehead atoms. The van der Waals surface area contributed by atoms with E-state index >= 15 is 0 Å². The molecule has 7 heteroatoms. The summed E-state index contributed by atoms with van der Waals surface area (Å²) in [6.07, 6.45) is 1.95. The van der Waals surface area contributed by atoms with Crippen LogP contribution in [-0.4, -0.2) is 70.2 Å². The fraction of sp³-hybridized carbons (Fsp3) is 0.611. The molecule has 0 aliphatic carbocycles. The topological polar surface area (TPSA) is 55.0 Å². The number of ether oxygens (including phenoxy) is 3. The lowest BCUT2D eigenvalue weighted by molar-refractivity contribution is 0.0376. The van der Waals surface area contributed by atoms with E-state index in [9.17, 15) is 0 Å². The molecule has 0 atom stereocenters. The van der Waals surface area contributed by atoms with E-state index < -0.39 is 0 Å². The van der Waals surface area contributed by atoms with Gasteiger partial charge in [0, 0.05) is 26.2 Å². The van der Waals surface area contributed by atoms with E-state index in [1.807, 2.05) is 18.2 Å². The van der Waals surface area contributed by atoms with Crippen molar-refractivity contribution in [1.82, 2.24) is 15.5 Å². The van der Waals surface area contributed by atoms with Crippen molar-refractivity contribution in [3.05, 3.63) is 23.8 Å². The van der Waals surface area contributed by atoms with Gasteiger partial charge in [0.05, 0.1) is 27.4 Å². The Balaban J connectivity index is 1.58. The van der Waals surface area contributed by atoms with E-state index in [1.165, 1.54) is 5.56 Å². The number of hydrogen-bond acceptors (Lipinski definition) is 5. The van der Waals surface area contributed by atoms with Gasteiger partial charge in [0.25, 0.3) is 0 Å². The maximum atomic E-state index is 5.35. The Hall–Kier alpha value is -1.57. The van der Waals surface area contributed by atoms with E-state index in [4.69, 9.17) is 26.4 Å². The molecule has 0 aromatic heterocycles. The van der Waals surface area contributed by atoms with Crippen LogP contribution in [0.25, 0.3) is 0 Å². The number of hydrogen-bond donors (Lipinski definition) is 2. The average molecular weight is 368 g/mol. The Bertz CT molecular complexity index is 536. The van der Waals surface area contributed by atoms with Gasteiger partial charge in [-0.25, -0.2) is 0 Å². The Morgan fingerprint density at radius 2 is 1.84 bits per heavy atom. The molecule has 1 aromatic rings. The van der Waals surface area contributed by atoms with E-state index in [2.05, 4.69) is 15.5 Å². The van der Waals surface area contributed by atoms with Crippen LogP contribution in [0.3, 0.4) is 0 Å². The van der Waals surface area contributed by atoms with Crippen molar-refractivity contribution in [1.29, 1.82) is 0 Å². The molecule has 1 aliphatic heterocycles. The van der Waals surface area contributed by atoms with Crippen LogP contribution in [0.5, 0.6) is 11.5 Å². The predicted octanol–water partition coefficient (Wildman–Crippen LogP) is 1.43. The van der Waals surface area contributed by atoms with Crippen LogP contribution in [-0.2, 0) is 11.2 Å². The average Bonchev–Trinajstić information content (AvgIpc) is 2.66. The second kappa shape index (κ2) is 11.1. The molecule has 2 N–H and O–H groups in total. The number of morpholine rings is 1. The summed E-state index contributed by atoms with van der Waals surface area (Å²) >= 11 is 5.33. The maximum absolute atomic E-state index is 5.35. The summed E-state index contributed by atoms with van der Waals surface area (Å²) in [5, 5.41) is 7.23. The van der Waals surface area contributed by atoms with Crippen LogP contribution in [0.1, 0.15) is 12.0 Å². The number of benzene rings is 1. The summed E-state index contributed by atoms with van der Waals surface area (Å²) < 4.78 is 15.9. The van der Waals surface area contributed by atoms with Gasteiger partial charge in [-0.15, -0.1) is 0 Å². The SMILES string of the molecule is COc1ccc(CCNC(=S)NCCCN2CCOCC2)cc1OC. The summed E-state index contributed by atoms with van der Waals surface area (Å²) in [6, 6.07) is 5.97. The third-order valence-electron chi connectivity index (χ3n) is 4.19. The Kier molecular flexibility index (Phi) is 8.79. The van der Waals surface area contributed by atoms with E-state index in [0.29, 0.717) is 5.11 Å². The third-order valence-corrected chi connectivity index (χ3v) is 4.48. The fourth-order valence-corrected chi connectivity index (χ4v) is 2.95. The molecule has 0 saturated carbocycles. The number of thiocarbonyl (C=S) groups is 1. The molecule has 1 fully saturated rings. The Labute approximate surface area is 155 Å². The van der Waals surface area contributed by atoms with Gasteiger partial charge in [0.2, 0.25) is 0 Å². The van der Waals surface area contributed by atoms with Crippen molar-refractivity contribution in [2.45, 2.75) is 12.8 Å². The van der Waals surface area contributed by atoms with Crippen molar-refractivity contribution in [2.75, 3.05) is 60.2 Å². The molecular weight excluding hydrogens is 338 g/mol. The molecule has 6 nitrogen and oxygen atoms in total. The Morgan fingerprint density at radius 3 is 2.56 bits per heavy atom. The molecule has 1 heterocycles. The van der Waals surface area contributed by atoms with Crippen LogP contribution >= 0.6 is 12.2 Å². The third kappa shape index (κ3) is 7.05. The van der Waals surface area contributed by atoms with E-state index in [0.717, 1.165) is 70.3 Å². The zero-order valence-electron chi connectivity index (χ0n) is 15.2. The summed E-state index contributed by atoms with van der Waals surface area (Å²) in [5.74, 6) is 1.50. The maximum Gasteiger partial charge on any atom is 0.166 e. The fourth-order valence-electron chi connectivity index (χ4n) is 2.75. The van der Waals surface area contributed by atoms with Crippen molar-refractivity contribution < 1.29 is 14.2 Å². The van der Waals surface area contributed by atoms with Crippen molar-refractivity contribution >= 4 is 17.3 Å². The standard InChI is InChI=1S/C18H29N3O3S/c1-22-16-5-4-15(14-17(16)23-2)6-8-20-18(25)19-7-3-9-21-10-12-24-13-11-21/h4-5,14H,3,6-13H2,1-2H3,(H2,19,20,25). The minimum Gasteiger partial charge on any atom is -0.493 e. The van der Waals surface area contributed by atoms with Gasteiger partial charge in [-0.3, -0.25) is 4.90 Å². The first-order valence-electron chi connectivity index (χ1n) is 8.75.